The van der Waals surface area contributed by atoms with Gasteiger partial charge >= 0.3 is 0 Å². The molecule has 1 unspecified atom stereocenters. The van der Waals surface area contributed by atoms with Gasteiger partial charge in [0.2, 0.25) is 11.8 Å². The van der Waals surface area contributed by atoms with Crippen molar-refractivity contribution in [2.24, 2.45) is 10.9 Å². The molecule has 7 heteroatoms. The Hall–Kier alpha value is -2.57. The van der Waals surface area contributed by atoms with E-state index in [1.807, 2.05) is 18.7 Å². The molecule has 1 saturated heterocycles. The first kappa shape index (κ1) is 22.1. The number of nitrogens with one attached hydrogen (secondary N) is 2. The molecule has 0 aliphatic carbocycles. The summed E-state index contributed by atoms with van der Waals surface area (Å²) in [7, 11) is 0. The van der Waals surface area contributed by atoms with Crippen LogP contribution in [0.4, 0.5) is 5.69 Å². The summed E-state index contributed by atoms with van der Waals surface area (Å²) >= 11 is 0. The lowest BCUT2D eigenvalue weighted by atomic mass is 9.98. The number of carbonyl (C=O) groups excluding carboxylic acids is 2. The van der Waals surface area contributed by atoms with Crippen molar-refractivity contribution in [3.8, 4) is 0 Å². The molecule has 0 radical (unpaired) electrons. The number of hydrogen-bond acceptors (Lipinski definition) is 3. The van der Waals surface area contributed by atoms with Gasteiger partial charge in [-0.15, -0.1) is 0 Å². The summed E-state index contributed by atoms with van der Waals surface area (Å²) in [6.45, 7) is 10.3. The van der Waals surface area contributed by atoms with Crippen LogP contribution in [0.3, 0.4) is 0 Å². The van der Waals surface area contributed by atoms with Gasteiger partial charge in [-0.25, -0.2) is 0 Å². The number of guanidine groups is 1. The minimum absolute atomic E-state index is 0.0177. The van der Waals surface area contributed by atoms with E-state index in [4.69, 9.17) is 4.99 Å². The third kappa shape index (κ3) is 5.32. The summed E-state index contributed by atoms with van der Waals surface area (Å²) in [6, 6.07) is 8.48. The molecule has 164 valence electrons. The summed E-state index contributed by atoms with van der Waals surface area (Å²) in [5.41, 5.74) is 2.50. The molecule has 2 amide bonds. The van der Waals surface area contributed by atoms with E-state index < -0.39 is 0 Å². The van der Waals surface area contributed by atoms with Gasteiger partial charge in [-0.3, -0.25) is 14.6 Å². The van der Waals surface area contributed by atoms with Gasteiger partial charge < -0.3 is 20.4 Å². The number of nitrogens with zero attached hydrogens (tertiary/aromatic N) is 3. The average molecular weight is 414 g/mol. The predicted molar refractivity (Wildman–Crippen MR) is 121 cm³/mol. The van der Waals surface area contributed by atoms with Crippen LogP contribution in [0.5, 0.6) is 0 Å². The van der Waals surface area contributed by atoms with Gasteiger partial charge in [0, 0.05) is 56.7 Å². The fourth-order valence-corrected chi connectivity index (χ4v) is 4.13. The van der Waals surface area contributed by atoms with E-state index in [0.717, 1.165) is 45.0 Å². The number of carbonyl (C=O) groups is 2. The van der Waals surface area contributed by atoms with Gasteiger partial charge in [-0.2, -0.15) is 0 Å². The number of para-hydroxylation sites is 1. The van der Waals surface area contributed by atoms with E-state index in [2.05, 4.69) is 46.7 Å². The smallest absolute Gasteiger partial charge is 0.222 e. The summed E-state index contributed by atoms with van der Waals surface area (Å²) < 4.78 is 0. The molecule has 0 saturated carbocycles. The molecule has 30 heavy (non-hydrogen) atoms. The molecule has 7 nitrogen and oxygen atoms in total. The highest BCUT2D eigenvalue weighted by Crippen LogP contribution is 2.38. The van der Waals surface area contributed by atoms with Crippen molar-refractivity contribution in [3.05, 3.63) is 29.8 Å². The van der Waals surface area contributed by atoms with E-state index in [1.54, 1.807) is 0 Å². The summed E-state index contributed by atoms with van der Waals surface area (Å²) in [5, 5.41) is 6.32. The van der Waals surface area contributed by atoms with Crippen molar-refractivity contribution in [2.75, 3.05) is 44.2 Å². The number of amides is 2. The molecule has 3 rings (SSSR count). The Kier molecular flexibility index (Phi) is 7.71. The number of benzene rings is 1. The standard InChI is InChI=1S/C23H35N5O2/c1-4-24-23(26-13-12-25-22(30)17(2)3)28-16-18(19-8-5-6-9-20(19)28)11-15-27-14-7-10-21(27)29/h5-6,8-9,17-18H,4,7,10-16H2,1-3H3,(H,24,26)(H,25,30). The number of fused-ring (bicyclic) bond motifs is 1. The summed E-state index contributed by atoms with van der Waals surface area (Å²) in [5.74, 6) is 1.55. The molecule has 0 aromatic heterocycles. The van der Waals surface area contributed by atoms with Crippen molar-refractivity contribution in [1.29, 1.82) is 0 Å². The lowest BCUT2D eigenvalue weighted by Gasteiger charge is -2.23. The summed E-state index contributed by atoms with van der Waals surface area (Å²) in [6.07, 6.45) is 2.64. The number of aliphatic imine (C=N–C) groups is 1. The Bertz CT molecular complexity index is 777. The van der Waals surface area contributed by atoms with Crippen molar-refractivity contribution < 1.29 is 9.59 Å². The maximum Gasteiger partial charge on any atom is 0.222 e. The molecule has 1 aromatic rings. The lowest BCUT2D eigenvalue weighted by molar-refractivity contribution is -0.127. The van der Waals surface area contributed by atoms with E-state index in [-0.39, 0.29) is 17.7 Å². The maximum atomic E-state index is 12.0. The number of hydrogen-bond donors (Lipinski definition) is 2. The van der Waals surface area contributed by atoms with Crippen LogP contribution >= 0.6 is 0 Å². The first-order valence-corrected chi connectivity index (χ1v) is 11.2. The normalized spacial score (nSPS) is 18.9. The second-order valence-corrected chi connectivity index (χ2v) is 8.32. The maximum absolute atomic E-state index is 12.0. The van der Waals surface area contributed by atoms with Crippen LogP contribution in [0, 0.1) is 5.92 Å². The van der Waals surface area contributed by atoms with Crippen LogP contribution in [0.25, 0.3) is 0 Å². The molecule has 2 aliphatic rings. The zero-order chi connectivity index (χ0) is 21.5. The molecule has 0 spiro atoms. The van der Waals surface area contributed by atoms with Crippen LogP contribution < -0.4 is 15.5 Å². The molecule has 2 N–H and O–H groups in total. The highest BCUT2D eigenvalue weighted by Gasteiger charge is 2.32. The fourth-order valence-electron chi connectivity index (χ4n) is 4.13. The molecule has 2 aliphatic heterocycles. The molecule has 1 aromatic carbocycles. The minimum atomic E-state index is -0.0177. The van der Waals surface area contributed by atoms with Crippen LogP contribution in [-0.2, 0) is 9.59 Å². The Labute approximate surface area is 179 Å². The molecular weight excluding hydrogens is 378 g/mol. The first-order chi connectivity index (χ1) is 14.5. The van der Waals surface area contributed by atoms with Gasteiger partial charge in [0.15, 0.2) is 5.96 Å². The zero-order valence-electron chi connectivity index (χ0n) is 18.5. The molecular formula is C23H35N5O2. The van der Waals surface area contributed by atoms with Crippen LogP contribution in [0.15, 0.2) is 29.3 Å². The lowest BCUT2D eigenvalue weighted by Crippen LogP contribution is -2.42. The average Bonchev–Trinajstić information content (AvgIpc) is 3.31. The Morgan fingerprint density at radius 2 is 2.07 bits per heavy atom. The third-order valence-corrected chi connectivity index (χ3v) is 5.78. The Morgan fingerprint density at radius 3 is 2.77 bits per heavy atom. The third-order valence-electron chi connectivity index (χ3n) is 5.78. The quantitative estimate of drug-likeness (QED) is 0.390. The number of anilines is 1. The van der Waals surface area contributed by atoms with E-state index in [0.29, 0.717) is 25.4 Å². The topological polar surface area (TPSA) is 77.0 Å². The van der Waals surface area contributed by atoms with E-state index in [9.17, 15) is 9.59 Å². The van der Waals surface area contributed by atoms with Crippen LogP contribution in [0.1, 0.15) is 51.5 Å². The van der Waals surface area contributed by atoms with Crippen LogP contribution in [-0.4, -0.2) is 61.9 Å². The van der Waals surface area contributed by atoms with Gasteiger partial charge in [0.05, 0.1) is 6.54 Å². The second-order valence-electron chi connectivity index (χ2n) is 8.32. The molecule has 1 fully saturated rings. The van der Waals surface area contributed by atoms with Crippen molar-refractivity contribution in [2.45, 2.75) is 46.0 Å². The zero-order valence-corrected chi connectivity index (χ0v) is 18.5. The SMILES string of the molecule is CCNC(=NCCNC(=O)C(C)C)N1CC(CCN2CCCC2=O)c2ccccc21. The monoisotopic (exact) mass is 413 g/mol. The van der Waals surface area contributed by atoms with E-state index >= 15 is 0 Å². The molecule has 0 bridgehead atoms. The largest absolute Gasteiger partial charge is 0.356 e. The first-order valence-electron chi connectivity index (χ1n) is 11.2. The molecule has 2 heterocycles. The van der Waals surface area contributed by atoms with Crippen molar-refractivity contribution in [1.82, 2.24) is 15.5 Å². The van der Waals surface area contributed by atoms with Gasteiger partial charge in [0.1, 0.15) is 0 Å². The van der Waals surface area contributed by atoms with Crippen LogP contribution in [0.2, 0.25) is 0 Å². The number of likely N-dealkylation sites (tertiary alicyclic amines) is 1. The van der Waals surface area contributed by atoms with Crippen molar-refractivity contribution in [3.63, 3.8) is 0 Å². The number of rotatable bonds is 8. The fraction of sp³-hybridized carbons (Fsp3) is 0.609. The Morgan fingerprint density at radius 1 is 1.27 bits per heavy atom. The molecule has 1 atom stereocenters. The van der Waals surface area contributed by atoms with Gasteiger partial charge in [-0.1, -0.05) is 32.0 Å². The highest BCUT2D eigenvalue weighted by atomic mass is 16.2. The highest BCUT2D eigenvalue weighted by molar-refractivity contribution is 5.98. The van der Waals surface area contributed by atoms with Gasteiger partial charge in [0.25, 0.3) is 0 Å². The van der Waals surface area contributed by atoms with Crippen molar-refractivity contribution >= 4 is 23.5 Å². The summed E-state index contributed by atoms with van der Waals surface area (Å²) in [4.78, 5) is 32.8. The van der Waals surface area contributed by atoms with Gasteiger partial charge in [-0.05, 0) is 31.4 Å². The Balaban J connectivity index is 1.67. The predicted octanol–water partition coefficient (Wildman–Crippen LogP) is 2.34. The minimum Gasteiger partial charge on any atom is -0.356 e. The van der Waals surface area contributed by atoms with E-state index in [1.165, 1.54) is 11.3 Å². The second kappa shape index (κ2) is 10.5.